The Morgan fingerprint density at radius 3 is 2.91 bits per heavy atom. The van der Waals surface area contributed by atoms with Crippen molar-refractivity contribution in [3.63, 3.8) is 0 Å². The normalized spacial score (nSPS) is 14.0. The SMILES string of the molecule is COc1cccc(Cn2cc(COC(=O)N3CCCC3)nn2)c1. The smallest absolute Gasteiger partial charge is 0.410 e. The average Bonchev–Trinajstić information content (AvgIpc) is 3.25. The van der Waals surface area contributed by atoms with E-state index in [9.17, 15) is 4.79 Å². The lowest BCUT2D eigenvalue weighted by Crippen LogP contribution is -2.28. The number of aromatic nitrogens is 3. The first kappa shape index (κ1) is 15.3. The molecule has 3 rings (SSSR count). The number of amides is 1. The van der Waals surface area contributed by atoms with E-state index in [0.717, 1.165) is 37.2 Å². The molecule has 1 saturated heterocycles. The van der Waals surface area contributed by atoms with Crippen LogP contribution >= 0.6 is 0 Å². The lowest BCUT2D eigenvalue weighted by atomic mass is 10.2. The number of likely N-dealkylation sites (tertiary alicyclic amines) is 1. The zero-order valence-electron chi connectivity index (χ0n) is 13.1. The van der Waals surface area contributed by atoms with Crippen LogP contribution in [0.4, 0.5) is 4.79 Å². The van der Waals surface area contributed by atoms with Crippen LogP contribution in [-0.4, -0.2) is 46.2 Å². The van der Waals surface area contributed by atoms with E-state index in [0.29, 0.717) is 12.2 Å². The summed E-state index contributed by atoms with van der Waals surface area (Å²) in [6.45, 7) is 2.29. The summed E-state index contributed by atoms with van der Waals surface area (Å²) in [7, 11) is 1.64. The Kier molecular flexibility index (Phi) is 4.75. The average molecular weight is 316 g/mol. The summed E-state index contributed by atoms with van der Waals surface area (Å²) in [6.07, 6.45) is 3.61. The third-order valence-electron chi connectivity index (χ3n) is 3.77. The first-order valence-corrected chi connectivity index (χ1v) is 7.68. The second-order valence-electron chi connectivity index (χ2n) is 5.51. The fourth-order valence-electron chi connectivity index (χ4n) is 2.57. The Labute approximate surface area is 134 Å². The lowest BCUT2D eigenvalue weighted by Gasteiger charge is -2.13. The van der Waals surface area contributed by atoms with E-state index >= 15 is 0 Å². The van der Waals surface area contributed by atoms with Crippen LogP contribution in [0.15, 0.2) is 30.5 Å². The van der Waals surface area contributed by atoms with E-state index in [1.807, 2.05) is 24.3 Å². The van der Waals surface area contributed by atoms with Crippen molar-refractivity contribution in [2.75, 3.05) is 20.2 Å². The van der Waals surface area contributed by atoms with Gasteiger partial charge in [-0.05, 0) is 30.5 Å². The molecule has 2 heterocycles. The molecule has 0 unspecified atom stereocenters. The molecule has 0 radical (unpaired) electrons. The maximum Gasteiger partial charge on any atom is 0.410 e. The van der Waals surface area contributed by atoms with E-state index in [4.69, 9.17) is 9.47 Å². The number of carbonyl (C=O) groups excluding carboxylic acids is 1. The molecule has 122 valence electrons. The van der Waals surface area contributed by atoms with Gasteiger partial charge in [0, 0.05) is 13.1 Å². The summed E-state index contributed by atoms with van der Waals surface area (Å²) in [5.41, 5.74) is 1.70. The minimum Gasteiger partial charge on any atom is -0.497 e. The summed E-state index contributed by atoms with van der Waals surface area (Å²) in [5, 5.41) is 8.10. The van der Waals surface area contributed by atoms with Crippen LogP contribution in [0.1, 0.15) is 24.1 Å². The van der Waals surface area contributed by atoms with Crippen molar-refractivity contribution in [1.29, 1.82) is 0 Å². The predicted octanol–water partition coefficient (Wildman–Crippen LogP) is 2.07. The van der Waals surface area contributed by atoms with Crippen LogP contribution < -0.4 is 4.74 Å². The zero-order chi connectivity index (χ0) is 16.1. The molecular formula is C16H20N4O3. The Morgan fingerprint density at radius 1 is 1.30 bits per heavy atom. The second-order valence-corrected chi connectivity index (χ2v) is 5.51. The highest BCUT2D eigenvalue weighted by Gasteiger charge is 2.19. The minimum atomic E-state index is -0.273. The molecule has 0 N–H and O–H groups in total. The van der Waals surface area contributed by atoms with Crippen LogP contribution in [0.2, 0.25) is 0 Å². The van der Waals surface area contributed by atoms with Gasteiger partial charge >= 0.3 is 6.09 Å². The molecular weight excluding hydrogens is 296 g/mol. The molecule has 23 heavy (non-hydrogen) atoms. The summed E-state index contributed by atoms with van der Waals surface area (Å²) in [5.74, 6) is 0.808. The molecule has 1 aliphatic rings. The highest BCUT2D eigenvalue weighted by atomic mass is 16.6. The standard InChI is InChI=1S/C16H20N4O3/c1-22-15-6-4-5-13(9-15)10-20-11-14(17-18-20)12-23-16(21)19-7-2-3-8-19/h4-6,9,11H,2-3,7-8,10,12H2,1H3. The van der Waals surface area contributed by atoms with Crippen molar-refractivity contribution < 1.29 is 14.3 Å². The van der Waals surface area contributed by atoms with Crippen LogP contribution in [0.3, 0.4) is 0 Å². The van der Waals surface area contributed by atoms with Gasteiger partial charge < -0.3 is 14.4 Å². The van der Waals surface area contributed by atoms with E-state index in [2.05, 4.69) is 10.3 Å². The Hall–Kier alpha value is -2.57. The van der Waals surface area contributed by atoms with Gasteiger partial charge in [0.2, 0.25) is 0 Å². The van der Waals surface area contributed by atoms with Crippen LogP contribution in [0.5, 0.6) is 5.75 Å². The van der Waals surface area contributed by atoms with Crippen LogP contribution in [0.25, 0.3) is 0 Å². The van der Waals surface area contributed by atoms with Crippen molar-refractivity contribution in [1.82, 2.24) is 19.9 Å². The third kappa shape index (κ3) is 4.00. The third-order valence-corrected chi connectivity index (χ3v) is 3.77. The van der Waals surface area contributed by atoms with Gasteiger partial charge in [0.05, 0.1) is 19.9 Å². The molecule has 0 atom stereocenters. The molecule has 0 saturated carbocycles. The monoisotopic (exact) mass is 316 g/mol. The molecule has 2 aromatic rings. The van der Waals surface area contributed by atoms with E-state index in [1.165, 1.54) is 0 Å². The Bertz CT molecular complexity index is 665. The van der Waals surface area contributed by atoms with E-state index in [1.54, 1.807) is 22.9 Å². The number of methoxy groups -OCH3 is 1. The van der Waals surface area contributed by atoms with Gasteiger partial charge in [-0.25, -0.2) is 9.48 Å². The van der Waals surface area contributed by atoms with E-state index in [-0.39, 0.29) is 12.7 Å². The first-order valence-electron chi connectivity index (χ1n) is 7.68. The summed E-state index contributed by atoms with van der Waals surface area (Å²) in [4.78, 5) is 13.5. The van der Waals surface area contributed by atoms with Gasteiger partial charge in [0.25, 0.3) is 0 Å². The van der Waals surface area contributed by atoms with Crippen molar-refractivity contribution in [2.24, 2.45) is 0 Å². The zero-order valence-corrected chi connectivity index (χ0v) is 13.1. The number of carbonyl (C=O) groups is 1. The number of rotatable bonds is 5. The van der Waals surface area contributed by atoms with Gasteiger partial charge in [0.1, 0.15) is 18.1 Å². The summed E-state index contributed by atoms with van der Waals surface area (Å²) in [6, 6.07) is 7.78. The van der Waals surface area contributed by atoms with Gasteiger partial charge in [0.15, 0.2) is 0 Å². The van der Waals surface area contributed by atoms with Crippen molar-refractivity contribution in [3.05, 3.63) is 41.7 Å². The van der Waals surface area contributed by atoms with Crippen LogP contribution in [-0.2, 0) is 17.9 Å². The molecule has 1 aromatic carbocycles. The quantitative estimate of drug-likeness (QED) is 0.844. The molecule has 1 amide bonds. The maximum absolute atomic E-state index is 11.8. The first-order chi connectivity index (χ1) is 11.2. The topological polar surface area (TPSA) is 69.5 Å². The van der Waals surface area contributed by atoms with Crippen LogP contribution in [0, 0.1) is 0 Å². The molecule has 0 bridgehead atoms. The van der Waals surface area contributed by atoms with Gasteiger partial charge in [-0.15, -0.1) is 5.10 Å². The fourth-order valence-corrected chi connectivity index (χ4v) is 2.57. The lowest BCUT2D eigenvalue weighted by molar-refractivity contribution is 0.103. The largest absolute Gasteiger partial charge is 0.497 e. The number of ether oxygens (including phenoxy) is 2. The molecule has 1 aromatic heterocycles. The Balaban J connectivity index is 1.54. The second kappa shape index (κ2) is 7.13. The number of nitrogens with zero attached hydrogens (tertiary/aromatic N) is 4. The molecule has 1 aliphatic heterocycles. The van der Waals surface area contributed by atoms with Gasteiger partial charge in [-0.3, -0.25) is 0 Å². The molecule has 7 nitrogen and oxygen atoms in total. The highest BCUT2D eigenvalue weighted by Crippen LogP contribution is 2.14. The van der Waals surface area contributed by atoms with Crippen molar-refractivity contribution >= 4 is 6.09 Å². The summed E-state index contributed by atoms with van der Waals surface area (Å²) < 4.78 is 12.2. The highest BCUT2D eigenvalue weighted by molar-refractivity contribution is 5.67. The fraction of sp³-hybridized carbons (Fsp3) is 0.438. The Morgan fingerprint density at radius 2 is 2.13 bits per heavy atom. The molecule has 1 fully saturated rings. The van der Waals surface area contributed by atoms with Crippen molar-refractivity contribution in [3.8, 4) is 5.75 Å². The minimum absolute atomic E-state index is 0.146. The van der Waals surface area contributed by atoms with Gasteiger partial charge in [-0.1, -0.05) is 17.3 Å². The number of hydrogen-bond acceptors (Lipinski definition) is 5. The van der Waals surface area contributed by atoms with E-state index < -0.39 is 0 Å². The van der Waals surface area contributed by atoms with Crippen molar-refractivity contribution in [2.45, 2.75) is 26.0 Å². The van der Waals surface area contributed by atoms with Gasteiger partial charge in [-0.2, -0.15) is 0 Å². The summed E-state index contributed by atoms with van der Waals surface area (Å²) >= 11 is 0. The molecule has 0 aliphatic carbocycles. The maximum atomic E-state index is 11.8. The molecule has 0 spiro atoms. The molecule has 7 heteroatoms. The number of benzene rings is 1. The predicted molar refractivity (Wildman–Crippen MR) is 83.1 cm³/mol. The number of hydrogen-bond donors (Lipinski definition) is 0.